The molecule has 5 heteroatoms. The SMILES string of the molecule is CCOC1CC(NC(=O)c2ccncc2F)C1(C)C. The Bertz CT molecular complexity index is 476. The van der Waals surface area contributed by atoms with Gasteiger partial charge in [-0.3, -0.25) is 9.78 Å². The third-order valence-electron chi connectivity index (χ3n) is 3.87. The molecular weight excluding hydrogens is 247 g/mol. The molecule has 0 radical (unpaired) electrons. The number of nitrogens with zero attached hydrogens (tertiary/aromatic N) is 1. The molecule has 1 aliphatic rings. The van der Waals surface area contributed by atoms with Crippen molar-refractivity contribution < 1.29 is 13.9 Å². The first-order valence-electron chi connectivity index (χ1n) is 6.48. The van der Waals surface area contributed by atoms with E-state index >= 15 is 0 Å². The lowest BCUT2D eigenvalue weighted by molar-refractivity contribution is -0.111. The molecule has 1 amide bonds. The standard InChI is InChI=1S/C14H19FN2O2/c1-4-19-12-7-11(14(12,2)3)17-13(18)9-5-6-16-8-10(9)15/h5-6,8,11-12H,4,7H2,1-3H3,(H,17,18). The Labute approximate surface area is 112 Å². The highest BCUT2D eigenvalue weighted by Crippen LogP contribution is 2.42. The van der Waals surface area contributed by atoms with Crippen molar-refractivity contribution in [3.8, 4) is 0 Å². The van der Waals surface area contributed by atoms with Crippen molar-refractivity contribution in [1.29, 1.82) is 0 Å². The predicted octanol–water partition coefficient (Wildman–Crippen LogP) is 2.15. The highest BCUT2D eigenvalue weighted by Gasteiger charge is 2.49. The van der Waals surface area contributed by atoms with Crippen LogP contribution in [0.25, 0.3) is 0 Å². The maximum atomic E-state index is 13.5. The molecule has 104 valence electrons. The number of hydrogen-bond acceptors (Lipinski definition) is 3. The van der Waals surface area contributed by atoms with E-state index < -0.39 is 11.7 Å². The topological polar surface area (TPSA) is 51.2 Å². The minimum Gasteiger partial charge on any atom is -0.378 e. The summed E-state index contributed by atoms with van der Waals surface area (Å²) in [7, 11) is 0. The van der Waals surface area contributed by atoms with E-state index in [4.69, 9.17) is 4.74 Å². The highest BCUT2D eigenvalue weighted by atomic mass is 19.1. The quantitative estimate of drug-likeness (QED) is 0.908. The van der Waals surface area contributed by atoms with E-state index in [-0.39, 0.29) is 23.1 Å². The summed E-state index contributed by atoms with van der Waals surface area (Å²) in [5, 5.41) is 2.87. The minimum absolute atomic E-state index is 0.00381. The van der Waals surface area contributed by atoms with Crippen molar-refractivity contribution in [1.82, 2.24) is 10.3 Å². The molecule has 0 aromatic carbocycles. The van der Waals surface area contributed by atoms with Crippen molar-refractivity contribution >= 4 is 5.91 Å². The number of hydrogen-bond donors (Lipinski definition) is 1. The third-order valence-corrected chi connectivity index (χ3v) is 3.87. The van der Waals surface area contributed by atoms with Gasteiger partial charge in [-0.1, -0.05) is 13.8 Å². The van der Waals surface area contributed by atoms with Gasteiger partial charge in [-0.15, -0.1) is 0 Å². The molecule has 4 nitrogen and oxygen atoms in total. The fourth-order valence-electron chi connectivity index (χ4n) is 2.41. The monoisotopic (exact) mass is 266 g/mol. The molecule has 19 heavy (non-hydrogen) atoms. The lowest BCUT2D eigenvalue weighted by Crippen LogP contribution is -2.62. The van der Waals surface area contributed by atoms with Gasteiger partial charge in [-0.25, -0.2) is 4.39 Å². The van der Waals surface area contributed by atoms with E-state index in [1.54, 1.807) is 0 Å². The van der Waals surface area contributed by atoms with Crippen LogP contribution < -0.4 is 5.32 Å². The number of nitrogens with one attached hydrogen (secondary N) is 1. The van der Waals surface area contributed by atoms with Crippen molar-refractivity contribution in [2.45, 2.75) is 39.3 Å². The summed E-state index contributed by atoms with van der Waals surface area (Å²) in [5.41, 5.74) is -0.0968. The molecular formula is C14H19FN2O2. The van der Waals surface area contributed by atoms with Crippen LogP contribution in [0, 0.1) is 11.2 Å². The summed E-state index contributed by atoms with van der Waals surface area (Å²) in [4.78, 5) is 15.6. The molecule has 0 spiro atoms. The van der Waals surface area contributed by atoms with Gasteiger partial charge in [0.25, 0.3) is 5.91 Å². The largest absolute Gasteiger partial charge is 0.378 e. The van der Waals surface area contributed by atoms with Crippen molar-refractivity contribution in [3.63, 3.8) is 0 Å². The van der Waals surface area contributed by atoms with Crippen LogP contribution in [0.3, 0.4) is 0 Å². The second-order valence-corrected chi connectivity index (χ2v) is 5.38. The van der Waals surface area contributed by atoms with Gasteiger partial charge in [0, 0.05) is 24.3 Å². The average Bonchev–Trinajstić information content (AvgIpc) is 2.38. The number of halogens is 1. The number of rotatable bonds is 4. The Morgan fingerprint density at radius 2 is 2.37 bits per heavy atom. The average molecular weight is 266 g/mol. The maximum Gasteiger partial charge on any atom is 0.254 e. The summed E-state index contributed by atoms with van der Waals surface area (Å²) < 4.78 is 19.1. The molecule has 0 bridgehead atoms. The normalized spacial score (nSPS) is 24.6. The highest BCUT2D eigenvalue weighted by molar-refractivity contribution is 5.94. The van der Waals surface area contributed by atoms with Crippen LogP contribution >= 0.6 is 0 Å². The zero-order valence-electron chi connectivity index (χ0n) is 11.4. The molecule has 1 aliphatic carbocycles. The molecule has 0 aliphatic heterocycles. The Kier molecular flexibility index (Phi) is 3.85. The zero-order valence-corrected chi connectivity index (χ0v) is 11.4. The minimum atomic E-state index is -0.599. The predicted molar refractivity (Wildman–Crippen MR) is 69.3 cm³/mol. The molecule has 2 atom stereocenters. The summed E-state index contributed by atoms with van der Waals surface area (Å²) in [6.45, 7) is 6.71. The van der Waals surface area contributed by atoms with Gasteiger partial charge < -0.3 is 10.1 Å². The van der Waals surface area contributed by atoms with Gasteiger partial charge in [-0.2, -0.15) is 0 Å². The van der Waals surface area contributed by atoms with Crippen molar-refractivity contribution in [2.75, 3.05) is 6.61 Å². The fraction of sp³-hybridized carbons (Fsp3) is 0.571. The van der Waals surface area contributed by atoms with E-state index in [0.717, 1.165) is 12.6 Å². The molecule has 2 unspecified atom stereocenters. The van der Waals surface area contributed by atoms with E-state index in [2.05, 4.69) is 10.3 Å². The van der Waals surface area contributed by atoms with Crippen molar-refractivity contribution in [3.05, 3.63) is 29.8 Å². The number of carbonyl (C=O) groups excluding carboxylic acids is 1. The van der Waals surface area contributed by atoms with Crippen LogP contribution in [0.5, 0.6) is 0 Å². The van der Waals surface area contributed by atoms with Crippen LogP contribution in [0.15, 0.2) is 18.5 Å². The maximum absolute atomic E-state index is 13.5. The Balaban J connectivity index is 2.00. The lowest BCUT2D eigenvalue weighted by Gasteiger charge is -2.51. The molecule has 1 N–H and O–H groups in total. The van der Waals surface area contributed by atoms with Crippen LogP contribution in [-0.4, -0.2) is 29.6 Å². The molecule has 2 rings (SSSR count). The number of aromatic nitrogens is 1. The van der Waals surface area contributed by atoms with Crippen LogP contribution in [-0.2, 0) is 4.74 Å². The van der Waals surface area contributed by atoms with E-state index in [9.17, 15) is 9.18 Å². The van der Waals surface area contributed by atoms with E-state index in [1.165, 1.54) is 12.3 Å². The molecule has 1 aromatic rings. The summed E-state index contributed by atoms with van der Waals surface area (Å²) >= 11 is 0. The van der Waals surface area contributed by atoms with Gasteiger partial charge in [0.05, 0.1) is 17.9 Å². The molecule has 0 saturated heterocycles. The second-order valence-electron chi connectivity index (χ2n) is 5.38. The van der Waals surface area contributed by atoms with Crippen molar-refractivity contribution in [2.24, 2.45) is 5.41 Å². The van der Waals surface area contributed by atoms with Gasteiger partial charge >= 0.3 is 0 Å². The summed E-state index contributed by atoms with van der Waals surface area (Å²) in [6, 6.07) is 1.39. The zero-order chi connectivity index (χ0) is 14.0. The van der Waals surface area contributed by atoms with Gasteiger partial charge in [0.15, 0.2) is 5.82 Å². The fourth-order valence-corrected chi connectivity index (χ4v) is 2.41. The molecule has 1 saturated carbocycles. The first kappa shape index (κ1) is 13.9. The Hall–Kier alpha value is -1.49. The van der Waals surface area contributed by atoms with Crippen LogP contribution in [0.2, 0.25) is 0 Å². The number of pyridine rings is 1. The number of carbonyl (C=O) groups is 1. The van der Waals surface area contributed by atoms with E-state index in [0.29, 0.717) is 6.61 Å². The third kappa shape index (κ3) is 2.61. The number of ether oxygens (including phenoxy) is 1. The van der Waals surface area contributed by atoms with Gasteiger partial charge in [-0.05, 0) is 19.4 Å². The molecule has 1 aromatic heterocycles. The lowest BCUT2D eigenvalue weighted by atomic mass is 9.64. The van der Waals surface area contributed by atoms with Gasteiger partial charge in [0.1, 0.15) is 0 Å². The number of amides is 1. The van der Waals surface area contributed by atoms with Crippen LogP contribution in [0.1, 0.15) is 37.6 Å². The second kappa shape index (κ2) is 5.25. The first-order valence-corrected chi connectivity index (χ1v) is 6.48. The van der Waals surface area contributed by atoms with Gasteiger partial charge in [0.2, 0.25) is 0 Å². The summed E-state index contributed by atoms with van der Waals surface area (Å²) in [5.74, 6) is -0.994. The van der Waals surface area contributed by atoms with Crippen LogP contribution in [0.4, 0.5) is 4.39 Å². The Morgan fingerprint density at radius 3 is 2.95 bits per heavy atom. The smallest absolute Gasteiger partial charge is 0.254 e. The Morgan fingerprint density at radius 1 is 1.63 bits per heavy atom. The molecule has 1 fully saturated rings. The molecule has 1 heterocycles. The first-order chi connectivity index (χ1) is 8.96. The summed E-state index contributed by atoms with van der Waals surface area (Å²) in [6.07, 6.45) is 3.36. The van der Waals surface area contributed by atoms with E-state index in [1.807, 2.05) is 20.8 Å².